The summed E-state index contributed by atoms with van der Waals surface area (Å²) in [6, 6.07) is 0. The Morgan fingerprint density at radius 1 is 1.50 bits per heavy atom. The summed E-state index contributed by atoms with van der Waals surface area (Å²) in [5.74, 6) is -0.278. The summed E-state index contributed by atoms with van der Waals surface area (Å²) in [5.41, 5.74) is 0. The van der Waals surface area contributed by atoms with Gasteiger partial charge in [0.05, 0.1) is 12.1 Å². The first kappa shape index (κ1) is 9.35. The predicted molar refractivity (Wildman–Crippen MR) is 43.1 cm³/mol. The number of nitrogens with one attached hydrogen (secondary N) is 2. The fraction of sp³-hybridized carbons (Fsp3) is 0.500. The third-order valence-corrected chi connectivity index (χ3v) is 1.40. The second-order valence-corrected chi connectivity index (χ2v) is 2.25. The van der Waals surface area contributed by atoms with Gasteiger partial charge in [-0.25, -0.2) is 0 Å². The maximum Gasteiger partial charge on any atom is 0.230 e. The highest BCUT2D eigenvalue weighted by molar-refractivity contribution is 7.96. The molecule has 0 aromatic rings. The van der Waals surface area contributed by atoms with Crippen molar-refractivity contribution in [1.29, 1.82) is 0 Å². The van der Waals surface area contributed by atoms with Gasteiger partial charge in [-0.2, -0.15) is 0 Å². The molecule has 0 rings (SSSR count). The van der Waals surface area contributed by atoms with E-state index < -0.39 is 0 Å². The van der Waals surface area contributed by atoms with Gasteiger partial charge in [0.25, 0.3) is 0 Å². The highest BCUT2D eigenvalue weighted by atomic mass is 32.2. The molecule has 0 heterocycles. The predicted octanol–water partition coefficient (Wildman–Crippen LogP) is -0.582. The van der Waals surface area contributed by atoms with Crippen molar-refractivity contribution in [2.45, 2.75) is 13.3 Å². The van der Waals surface area contributed by atoms with Gasteiger partial charge in [-0.1, -0.05) is 6.92 Å². The molecule has 0 aliphatic carbocycles. The van der Waals surface area contributed by atoms with Gasteiger partial charge in [0.15, 0.2) is 5.81 Å². The zero-order valence-corrected chi connectivity index (χ0v) is 6.75. The molecule has 0 unspecified atom stereocenters. The molecule has 0 atom stereocenters. The van der Waals surface area contributed by atoms with Crippen molar-refractivity contribution in [3.8, 4) is 0 Å². The quantitative estimate of drug-likeness (QED) is 0.428. The highest BCUT2D eigenvalue weighted by Gasteiger charge is 1.95. The minimum absolute atomic E-state index is 0.0984. The lowest BCUT2D eigenvalue weighted by atomic mass is 10.2. The van der Waals surface area contributed by atoms with E-state index in [-0.39, 0.29) is 11.7 Å². The van der Waals surface area contributed by atoms with E-state index in [1.165, 1.54) is 7.85 Å². The van der Waals surface area contributed by atoms with Crippen LogP contribution in [0.25, 0.3) is 0 Å². The van der Waals surface area contributed by atoms with E-state index in [0.29, 0.717) is 6.42 Å². The van der Waals surface area contributed by atoms with E-state index in [1.807, 2.05) is 0 Å². The molecule has 10 heavy (non-hydrogen) atoms. The van der Waals surface area contributed by atoms with Crippen LogP contribution in [0.4, 0.5) is 4.79 Å². The normalized spacial score (nSPS) is 8.50. The molecule has 0 aromatic carbocycles. The van der Waals surface area contributed by atoms with Gasteiger partial charge < -0.3 is 0 Å². The molecular formula is C4H9BN2O2S. The molecule has 0 bridgehead atoms. The molecule has 6 heteroatoms. The van der Waals surface area contributed by atoms with Crippen molar-refractivity contribution >= 4 is 31.7 Å². The Morgan fingerprint density at radius 2 is 2.10 bits per heavy atom. The van der Waals surface area contributed by atoms with Crippen molar-refractivity contribution in [3.63, 3.8) is 0 Å². The van der Waals surface area contributed by atoms with Gasteiger partial charge in [-0.15, -0.1) is 0 Å². The highest BCUT2D eigenvalue weighted by Crippen LogP contribution is 1.86. The zero-order chi connectivity index (χ0) is 7.98. The van der Waals surface area contributed by atoms with E-state index in [4.69, 9.17) is 0 Å². The number of carbonyl (C=O) groups is 2. The number of carbonyl (C=O) groups excluding carboxylic acids is 2. The van der Waals surface area contributed by atoms with Crippen molar-refractivity contribution in [2.75, 3.05) is 0 Å². The van der Waals surface area contributed by atoms with Gasteiger partial charge in [-0.05, 0) is 0 Å². The van der Waals surface area contributed by atoms with Gasteiger partial charge in [0.1, 0.15) is 0 Å². The smallest absolute Gasteiger partial charge is 0.230 e. The molecule has 4 nitrogen and oxygen atoms in total. The lowest BCUT2D eigenvalue weighted by molar-refractivity contribution is -0.118. The van der Waals surface area contributed by atoms with Crippen LogP contribution in [0.5, 0.6) is 0 Å². The molecule has 0 aliphatic heterocycles. The Balaban J connectivity index is 3.20. The minimum Gasteiger partial charge on any atom is -0.292 e. The number of hydrogen-bond acceptors (Lipinski definition) is 3. The van der Waals surface area contributed by atoms with Crippen LogP contribution in [0, 0.1) is 0 Å². The Bertz CT molecular complexity index is 141. The summed E-state index contributed by atoms with van der Waals surface area (Å²) in [4.78, 5) is 20.7. The summed E-state index contributed by atoms with van der Waals surface area (Å²) < 4.78 is 4.77. The maximum absolute atomic E-state index is 10.5. The standard InChI is InChI=1S/C4H9BN2O2S/c1-2-3(8)6-10-7-4(5)9/h2,5H2,1H3,(H,6,8)(H,7,9). The third kappa shape index (κ3) is 5.49. The second kappa shape index (κ2) is 5.16. The van der Waals surface area contributed by atoms with Gasteiger partial charge in [0.2, 0.25) is 13.8 Å². The number of amides is 2. The van der Waals surface area contributed by atoms with Crippen molar-refractivity contribution in [3.05, 3.63) is 0 Å². The first-order valence-corrected chi connectivity index (χ1v) is 3.69. The monoisotopic (exact) mass is 160 g/mol. The zero-order valence-electron chi connectivity index (χ0n) is 5.93. The van der Waals surface area contributed by atoms with Crippen LogP contribution in [-0.4, -0.2) is 19.6 Å². The van der Waals surface area contributed by atoms with Gasteiger partial charge in [0, 0.05) is 6.42 Å². The van der Waals surface area contributed by atoms with E-state index in [2.05, 4.69) is 9.44 Å². The summed E-state index contributed by atoms with van der Waals surface area (Å²) >= 11 is 0.895. The summed E-state index contributed by atoms with van der Waals surface area (Å²) in [7, 11) is 1.38. The van der Waals surface area contributed by atoms with Crippen LogP contribution >= 0.6 is 12.1 Å². The van der Waals surface area contributed by atoms with Crippen LogP contribution in [0.1, 0.15) is 13.3 Å². The van der Waals surface area contributed by atoms with Crippen LogP contribution in [-0.2, 0) is 4.79 Å². The summed E-state index contributed by atoms with van der Waals surface area (Å²) in [5, 5.41) is 0. The number of rotatable bonds is 3. The lowest BCUT2D eigenvalue weighted by Crippen LogP contribution is -2.23. The molecule has 56 valence electrons. The fourth-order valence-corrected chi connectivity index (χ4v) is 0.679. The van der Waals surface area contributed by atoms with Crippen LogP contribution < -0.4 is 9.44 Å². The molecule has 0 saturated carbocycles. The molecular weight excluding hydrogens is 151 g/mol. The van der Waals surface area contributed by atoms with Crippen molar-refractivity contribution < 1.29 is 9.59 Å². The SMILES string of the molecule is BC(=O)NSNC(=O)CC. The third-order valence-electron chi connectivity index (χ3n) is 0.681. The van der Waals surface area contributed by atoms with Gasteiger partial charge in [-0.3, -0.25) is 19.0 Å². The Labute approximate surface area is 64.8 Å². The van der Waals surface area contributed by atoms with E-state index >= 15 is 0 Å². The molecule has 2 N–H and O–H groups in total. The number of hydrogen-bond donors (Lipinski definition) is 2. The van der Waals surface area contributed by atoms with E-state index in [0.717, 1.165) is 12.1 Å². The second-order valence-electron chi connectivity index (χ2n) is 1.64. The molecule has 0 saturated heterocycles. The molecule has 2 amide bonds. The average Bonchev–Trinajstić information content (AvgIpc) is 1.87. The lowest BCUT2D eigenvalue weighted by Gasteiger charge is -2.00. The molecule has 0 radical (unpaired) electrons. The van der Waals surface area contributed by atoms with E-state index in [1.54, 1.807) is 6.92 Å². The summed E-state index contributed by atoms with van der Waals surface area (Å²) in [6.07, 6.45) is 0.423. The molecule has 0 spiro atoms. The Morgan fingerprint density at radius 3 is 2.50 bits per heavy atom. The molecule has 0 aliphatic rings. The average molecular weight is 160 g/mol. The van der Waals surface area contributed by atoms with Gasteiger partial charge >= 0.3 is 0 Å². The fourth-order valence-electron chi connectivity index (χ4n) is 0.226. The van der Waals surface area contributed by atoms with E-state index in [9.17, 15) is 9.59 Å². The molecule has 0 fully saturated rings. The largest absolute Gasteiger partial charge is 0.292 e. The topological polar surface area (TPSA) is 58.2 Å². The molecule has 0 aromatic heterocycles. The van der Waals surface area contributed by atoms with Crippen molar-refractivity contribution in [1.82, 2.24) is 9.44 Å². The maximum atomic E-state index is 10.5. The first-order chi connectivity index (χ1) is 4.66. The minimum atomic E-state index is -0.179. The Kier molecular flexibility index (Phi) is 4.83. The van der Waals surface area contributed by atoms with Crippen molar-refractivity contribution in [2.24, 2.45) is 0 Å². The van der Waals surface area contributed by atoms with Crippen LogP contribution in [0.2, 0.25) is 0 Å². The first-order valence-electron chi connectivity index (χ1n) is 2.88. The Hall–Kier alpha value is -0.645. The van der Waals surface area contributed by atoms with Crippen LogP contribution in [0.15, 0.2) is 0 Å². The summed E-state index contributed by atoms with van der Waals surface area (Å²) in [6.45, 7) is 1.74. The van der Waals surface area contributed by atoms with Crippen LogP contribution in [0.3, 0.4) is 0 Å².